The number of carbonyl (C=O) groups is 1. The molecule has 0 unspecified atom stereocenters. The molecule has 170 valence electrons. The Kier molecular flexibility index (Phi) is 6.84. The Bertz CT molecular complexity index is 1090. The van der Waals surface area contributed by atoms with Crippen LogP contribution < -0.4 is 4.74 Å². The van der Waals surface area contributed by atoms with Crippen LogP contribution in [0.3, 0.4) is 0 Å². The largest absolute Gasteiger partial charge is 0.495 e. The number of hydrogen-bond donors (Lipinski definition) is 0. The fourth-order valence-corrected chi connectivity index (χ4v) is 4.47. The molecule has 8 heteroatoms. The van der Waals surface area contributed by atoms with Gasteiger partial charge in [-0.25, -0.2) is 14.2 Å². The summed E-state index contributed by atoms with van der Waals surface area (Å²) in [5, 5.41) is 0.523. The molecule has 0 saturated carbocycles. The van der Waals surface area contributed by atoms with Gasteiger partial charge in [-0.3, -0.25) is 0 Å². The van der Waals surface area contributed by atoms with Gasteiger partial charge >= 0.3 is 6.09 Å². The molecule has 0 atom stereocenters. The summed E-state index contributed by atoms with van der Waals surface area (Å²) in [5.74, 6) is 1.68. The third-order valence-electron chi connectivity index (χ3n) is 5.97. The van der Waals surface area contributed by atoms with Crippen molar-refractivity contribution in [1.29, 1.82) is 0 Å². The quantitative estimate of drug-likeness (QED) is 0.502. The number of methoxy groups -OCH3 is 1. The van der Waals surface area contributed by atoms with Crippen LogP contribution >= 0.6 is 11.6 Å². The Morgan fingerprint density at radius 1 is 1.22 bits per heavy atom. The summed E-state index contributed by atoms with van der Waals surface area (Å²) in [6.45, 7) is 4.13. The highest BCUT2D eigenvalue weighted by molar-refractivity contribution is 6.32. The van der Waals surface area contributed by atoms with E-state index in [9.17, 15) is 9.18 Å². The van der Waals surface area contributed by atoms with Gasteiger partial charge in [0.1, 0.15) is 17.4 Å². The molecular formula is C24H27ClFN3O3. The lowest BCUT2D eigenvalue weighted by Gasteiger charge is -2.31. The van der Waals surface area contributed by atoms with Crippen molar-refractivity contribution in [2.24, 2.45) is 5.92 Å². The van der Waals surface area contributed by atoms with Crippen molar-refractivity contribution in [2.75, 3.05) is 26.8 Å². The standard InChI is InChI=1S/C24H27ClFN3O3/c1-3-32-24(30)28-10-8-16(9-11-28)12-23-27-20-14-22(31-2)19(25)13-21(20)29(23)15-17-4-6-18(26)7-5-17/h4-7,13-14,16H,3,8-12,15H2,1-2H3. The van der Waals surface area contributed by atoms with Gasteiger partial charge < -0.3 is 18.9 Å². The molecule has 2 heterocycles. The summed E-state index contributed by atoms with van der Waals surface area (Å²) < 4.78 is 26.0. The maximum absolute atomic E-state index is 13.4. The molecule has 32 heavy (non-hydrogen) atoms. The maximum Gasteiger partial charge on any atom is 0.409 e. The van der Waals surface area contributed by atoms with E-state index in [4.69, 9.17) is 26.1 Å². The molecule has 1 amide bonds. The van der Waals surface area contributed by atoms with Crippen LogP contribution in [0.25, 0.3) is 11.0 Å². The van der Waals surface area contributed by atoms with E-state index in [0.29, 0.717) is 42.9 Å². The molecule has 1 saturated heterocycles. The second-order valence-corrected chi connectivity index (χ2v) is 8.46. The topological polar surface area (TPSA) is 56.6 Å². The van der Waals surface area contributed by atoms with Crippen LogP contribution in [-0.4, -0.2) is 47.4 Å². The smallest absolute Gasteiger partial charge is 0.409 e. The molecule has 4 rings (SSSR count). The van der Waals surface area contributed by atoms with Crippen molar-refractivity contribution in [1.82, 2.24) is 14.5 Å². The minimum atomic E-state index is -0.259. The average molecular weight is 460 g/mol. The summed E-state index contributed by atoms with van der Waals surface area (Å²) in [6, 6.07) is 10.2. The van der Waals surface area contributed by atoms with Crippen molar-refractivity contribution < 1.29 is 18.7 Å². The third-order valence-corrected chi connectivity index (χ3v) is 6.26. The lowest BCUT2D eigenvalue weighted by molar-refractivity contribution is 0.0916. The highest BCUT2D eigenvalue weighted by Gasteiger charge is 2.25. The van der Waals surface area contributed by atoms with Gasteiger partial charge in [-0.1, -0.05) is 23.7 Å². The number of likely N-dealkylation sites (tertiary alicyclic amines) is 1. The number of hydrogen-bond acceptors (Lipinski definition) is 4. The summed E-state index contributed by atoms with van der Waals surface area (Å²) in [4.78, 5) is 18.7. The molecule has 0 aliphatic carbocycles. The molecule has 1 aromatic heterocycles. The first-order valence-electron chi connectivity index (χ1n) is 10.9. The van der Waals surface area contributed by atoms with Crippen molar-refractivity contribution in [3.8, 4) is 5.75 Å². The Morgan fingerprint density at radius 3 is 2.59 bits per heavy atom. The molecule has 1 aliphatic rings. The first-order valence-corrected chi connectivity index (χ1v) is 11.2. The van der Waals surface area contributed by atoms with Crippen LogP contribution in [0.5, 0.6) is 5.75 Å². The average Bonchev–Trinajstić information content (AvgIpc) is 3.11. The van der Waals surface area contributed by atoms with Gasteiger partial charge in [0.25, 0.3) is 0 Å². The minimum absolute atomic E-state index is 0.240. The predicted molar refractivity (Wildman–Crippen MR) is 122 cm³/mol. The third kappa shape index (κ3) is 4.83. The van der Waals surface area contributed by atoms with Gasteiger partial charge in [0.05, 0.1) is 29.8 Å². The first kappa shape index (κ1) is 22.4. The van der Waals surface area contributed by atoms with Crippen molar-refractivity contribution in [2.45, 2.75) is 32.7 Å². The van der Waals surface area contributed by atoms with E-state index in [2.05, 4.69) is 4.57 Å². The van der Waals surface area contributed by atoms with E-state index >= 15 is 0 Å². The molecule has 6 nitrogen and oxygen atoms in total. The number of fused-ring (bicyclic) bond motifs is 1. The molecule has 2 aromatic carbocycles. The Balaban J connectivity index is 1.60. The SMILES string of the molecule is CCOC(=O)N1CCC(Cc2nc3cc(OC)c(Cl)cc3n2Cc2ccc(F)cc2)CC1. The zero-order valence-corrected chi connectivity index (χ0v) is 19.1. The first-order chi connectivity index (χ1) is 15.5. The van der Waals surface area contributed by atoms with Gasteiger partial charge in [-0.05, 0) is 49.4 Å². The summed E-state index contributed by atoms with van der Waals surface area (Å²) in [6.07, 6.45) is 2.33. The van der Waals surface area contributed by atoms with Crippen LogP contribution in [0, 0.1) is 11.7 Å². The molecule has 0 bridgehead atoms. The van der Waals surface area contributed by atoms with Gasteiger partial charge in [-0.2, -0.15) is 0 Å². The number of benzene rings is 2. The normalized spacial score (nSPS) is 14.7. The number of rotatable bonds is 6. The minimum Gasteiger partial charge on any atom is -0.495 e. The van der Waals surface area contributed by atoms with E-state index < -0.39 is 0 Å². The second kappa shape index (κ2) is 9.77. The molecule has 0 N–H and O–H groups in total. The second-order valence-electron chi connectivity index (χ2n) is 8.05. The van der Waals surface area contributed by atoms with Crippen molar-refractivity contribution >= 4 is 28.7 Å². The Hall–Kier alpha value is -2.80. The Morgan fingerprint density at radius 2 is 1.94 bits per heavy atom. The van der Waals surface area contributed by atoms with Crippen LogP contribution in [0.2, 0.25) is 5.02 Å². The molecule has 1 fully saturated rings. The van der Waals surface area contributed by atoms with Crippen LogP contribution in [0.1, 0.15) is 31.2 Å². The Labute approximate surface area is 191 Å². The molecule has 1 aliphatic heterocycles. The molecule has 0 spiro atoms. The van der Waals surface area contributed by atoms with Crippen LogP contribution in [-0.2, 0) is 17.7 Å². The van der Waals surface area contributed by atoms with Crippen molar-refractivity contribution in [3.63, 3.8) is 0 Å². The zero-order valence-electron chi connectivity index (χ0n) is 18.3. The number of halogens is 2. The van der Waals surface area contributed by atoms with Gasteiger partial charge in [0, 0.05) is 32.1 Å². The van der Waals surface area contributed by atoms with Gasteiger partial charge in [-0.15, -0.1) is 0 Å². The number of piperidine rings is 1. The van der Waals surface area contributed by atoms with E-state index in [1.807, 2.05) is 19.1 Å². The lowest BCUT2D eigenvalue weighted by atomic mass is 9.93. The molecule has 0 radical (unpaired) electrons. The van der Waals surface area contributed by atoms with Gasteiger partial charge in [0.15, 0.2) is 0 Å². The maximum atomic E-state index is 13.4. The number of imidazole rings is 1. The monoisotopic (exact) mass is 459 g/mol. The van der Waals surface area contributed by atoms with Crippen molar-refractivity contribution in [3.05, 3.63) is 58.6 Å². The lowest BCUT2D eigenvalue weighted by Crippen LogP contribution is -2.39. The van der Waals surface area contributed by atoms with Crippen LogP contribution in [0.15, 0.2) is 36.4 Å². The fraction of sp³-hybridized carbons (Fsp3) is 0.417. The summed E-state index contributed by atoms with van der Waals surface area (Å²) >= 11 is 6.41. The van der Waals surface area contributed by atoms with E-state index in [0.717, 1.165) is 41.7 Å². The number of carbonyl (C=O) groups excluding carboxylic acids is 1. The summed E-state index contributed by atoms with van der Waals surface area (Å²) in [7, 11) is 1.58. The number of nitrogens with zero attached hydrogens (tertiary/aromatic N) is 3. The predicted octanol–water partition coefficient (Wildman–Crippen LogP) is 5.30. The van der Waals surface area contributed by atoms with E-state index in [-0.39, 0.29) is 11.9 Å². The number of aromatic nitrogens is 2. The van der Waals surface area contributed by atoms with E-state index in [1.54, 1.807) is 24.1 Å². The fourth-order valence-electron chi connectivity index (χ4n) is 4.23. The molecule has 3 aromatic rings. The van der Waals surface area contributed by atoms with Gasteiger partial charge in [0.2, 0.25) is 0 Å². The van der Waals surface area contributed by atoms with Crippen LogP contribution in [0.4, 0.5) is 9.18 Å². The number of amides is 1. The molecular weight excluding hydrogens is 433 g/mol. The zero-order chi connectivity index (χ0) is 22.7. The summed E-state index contributed by atoms with van der Waals surface area (Å²) in [5.41, 5.74) is 2.71. The highest BCUT2D eigenvalue weighted by atomic mass is 35.5. The highest BCUT2D eigenvalue weighted by Crippen LogP contribution is 2.32. The van der Waals surface area contributed by atoms with E-state index in [1.165, 1.54) is 12.1 Å². The number of ether oxygens (including phenoxy) is 2.